The van der Waals surface area contributed by atoms with Gasteiger partial charge in [-0.25, -0.2) is 18.4 Å². The van der Waals surface area contributed by atoms with Crippen molar-refractivity contribution in [2.24, 2.45) is 0 Å². The van der Waals surface area contributed by atoms with Crippen molar-refractivity contribution in [3.63, 3.8) is 0 Å². The smallest absolute Gasteiger partial charge is 0.323 e. The van der Waals surface area contributed by atoms with E-state index in [1.165, 1.54) is 11.8 Å². The van der Waals surface area contributed by atoms with Gasteiger partial charge in [-0.1, -0.05) is 17.8 Å². The molecule has 180 valence electrons. The molecule has 0 amide bonds. The van der Waals surface area contributed by atoms with E-state index in [-0.39, 0.29) is 17.4 Å². The molecule has 4 aromatic rings. The van der Waals surface area contributed by atoms with Gasteiger partial charge in [0.15, 0.2) is 0 Å². The molecule has 10 heteroatoms. The molecule has 0 spiro atoms. The van der Waals surface area contributed by atoms with Crippen LogP contribution in [-0.4, -0.2) is 51.4 Å². The minimum absolute atomic E-state index is 0.139. The van der Waals surface area contributed by atoms with Crippen LogP contribution in [0.25, 0.3) is 11.0 Å². The lowest BCUT2D eigenvalue weighted by atomic mass is 9.90. The second-order valence-electron chi connectivity index (χ2n) is 8.40. The van der Waals surface area contributed by atoms with Crippen molar-refractivity contribution in [3.05, 3.63) is 78.8 Å². The van der Waals surface area contributed by atoms with E-state index in [0.29, 0.717) is 31.6 Å². The Morgan fingerprint density at radius 1 is 1.00 bits per heavy atom. The first-order valence-corrected chi connectivity index (χ1v) is 13.5. The summed E-state index contributed by atoms with van der Waals surface area (Å²) in [5.74, 6) is -0.787. The Morgan fingerprint density at radius 2 is 1.74 bits per heavy atom. The highest BCUT2D eigenvalue weighted by atomic mass is 32.2. The third-order valence-electron chi connectivity index (χ3n) is 6.19. The molecule has 0 saturated carbocycles. The molecule has 1 N–H and O–H groups in total. The summed E-state index contributed by atoms with van der Waals surface area (Å²) in [4.78, 5) is 21.1. The van der Waals surface area contributed by atoms with Crippen molar-refractivity contribution in [2.75, 3.05) is 13.1 Å². The number of hydrogen-bond acceptors (Lipinski definition) is 6. The Hall–Kier alpha value is -3.21. The highest BCUT2D eigenvalue weighted by molar-refractivity contribution is 7.99. The van der Waals surface area contributed by atoms with Crippen LogP contribution < -0.4 is 0 Å². The molecular weight excluding hydrogens is 484 g/mol. The number of carboxylic acids is 1. The number of pyridine rings is 2. The van der Waals surface area contributed by atoms with E-state index in [1.807, 2.05) is 48.7 Å². The van der Waals surface area contributed by atoms with Crippen molar-refractivity contribution in [1.29, 1.82) is 0 Å². The van der Waals surface area contributed by atoms with Crippen molar-refractivity contribution in [3.8, 4) is 0 Å². The molecule has 1 aliphatic heterocycles. The Kier molecular flexibility index (Phi) is 6.59. The second-order valence-corrected chi connectivity index (χ2v) is 11.4. The molecular formula is C25H24N4O4S2. The molecule has 1 saturated heterocycles. The number of hydrogen-bond donors (Lipinski definition) is 1. The molecule has 1 fully saturated rings. The average molecular weight is 509 g/mol. The molecule has 3 aromatic heterocycles. The summed E-state index contributed by atoms with van der Waals surface area (Å²) >= 11 is 1.48. The zero-order valence-electron chi connectivity index (χ0n) is 18.8. The Labute approximate surface area is 207 Å². The summed E-state index contributed by atoms with van der Waals surface area (Å²) in [5.41, 5.74) is 1.67. The second kappa shape index (κ2) is 9.80. The van der Waals surface area contributed by atoms with Gasteiger partial charge in [-0.15, -0.1) is 0 Å². The highest BCUT2D eigenvalue weighted by Crippen LogP contribution is 2.35. The standard InChI is InChI=1S/C25H24N4O4S2/c30-24(31)17-28-16-22(21-4-3-13-27-25(21)28)18-10-14-29(15-11-18)35(32,33)20-8-6-19(7-9-20)34-23-5-1-2-12-26-23/h1-9,12-13,16,18H,10-11,14-15,17H2,(H,30,31). The topological polar surface area (TPSA) is 105 Å². The van der Waals surface area contributed by atoms with E-state index < -0.39 is 16.0 Å². The lowest BCUT2D eigenvalue weighted by molar-refractivity contribution is -0.137. The van der Waals surface area contributed by atoms with Crippen LogP contribution in [0.5, 0.6) is 0 Å². The van der Waals surface area contributed by atoms with E-state index in [1.54, 1.807) is 33.4 Å². The number of sulfonamides is 1. The highest BCUT2D eigenvalue weighted by Gasteiger charge is 2.31. The van der Waals surface area contributed by atoms with Crippen molar-refractivity contribution in [1.82, 2.24) is 18.8 Å². The third kappa shape index (κ3) is 4.95. The zero-order valence-corrected chi connectivity index (χ0v) is 20.5. The van der Waals surface area contributed by atoms with E-state index in [4.69, 9.17) is 0 Å². The third-order valence-corrected chi connectivity index (χ3v) is 9.06. The fourth-order valence-corrected chi connectivity index (χ4v) is 6.75. The number of benzene rings is 1. The quantitative estimate of drug-likeness (QED) is 0.398. The molecule has 5 rings (SSSR count). The summed E-state index contributed by atoms with van der Waals surface area (Å²) in [6, 6.07) is 16.4. The van der Waals surface area contributed by atoms with E-state index >= 15 is 0 Å². The molecule has 1 aliphatic rings. The number of aliphatic carboxylic acids is 1. The van der Waals surface area contributed by atoms with Crippen LogP contribution in [0.15, 0.2) is 88.0 Å². The van der Waals surface area contributed by atoms with Gasteiger partial charge in [-0.05, 0) is 72.9 Å². The van der Waals surface area contributed by atoms with Gasteiger partial charge < -0.3 is 9.67 Å². The minimum atomic E-state index is -3.60. The van der Waals surface area contributed by atoms with Gasteiger partial charge in [-0.2, -0.15) is 4.31 Å². The van der Waals surface area contributed by atoms with Crippen LogP contribution in [0.4, 0.5) is 0 Å². The number of aromatic nitrogens is 3. The molecule has 0 aliphatic carbocycles. The summed E-state index contributed by atoms with van der Waals surface area (Å²) in [6.07, 6.45) is 6.56. The molecule has 1 aromatic carbocycles. The van der Waals surface area contributed by atoms with Crippen LogP contribution in [0.3, 0.4) is 0 Å². The van der Waals surface area contributed by atoms with Gasteiger partial charge in [0.25, 0.3) is 0 Å². The first kappa shape index (κ1) is 23.5. The van der Waals surface area contributed by atoms with Gasteiger partial charge in [0.2, 0.25) is 10.0 Å². The first-order valence-electron chi connectivity index (χ1n) is 11.3. The van der Waals surface area contributed by atoms with Gasteiger partial charge in [0.1, 0.15) is 17.2 Å². The maximum absolute atomic E-state index is 13.3. The lowest BCUT2D eigenvalue weighted by Gasteiger charge is -2.31. The van der Waals surface area contributed by atoms with Crippen LogP contribution in [-0.2, 0) is 21.4 Å². The van der Waals surface area contributed by atoms with Crippen molar-refractivity contribution >= 4 is 38.8 Å². The zero-order chi connectivity index (χ0) is 24.4. The van der Waals surface area contributed by atoms with E-state index in [2.05, 4.69) is 9.97 Å². The monoisotopic (exact) mass is 508 g/mol. The maximum Gasteiger partial charge on any atom is 0.323 e. The van der Waals surface area contributed by atoms with Gasteiger partial charge >= 0.3 is 5.97 Å². The molecule has 0 radical (unpaired) electrons. The SMILES string of the molecule is O=C(O)Cn1cc(C2CCN(S(=O)(=O)c3ccc(Sc4ccccn4)cc3)CC2)c2cccnc21. The molecule has 0 atom stereocenters. The van der Waals surface area contributed by atoms with Crippen LogP contribution in [0, 0.1) is 0 Å². The number of fused-ring (bicyclic) bond motifs is 1. The first-order chi connectivity index (χ1) is 16.9. The van der Waals surface area contributed by atoms with Crippen molar-refractivity contribution in [2.45, 2.75) is 40.1 Å². The van der Waals surface area contributed by atoms with Gasteiger partial charge in [0, 0.05) is 42.0 Å². The Morgan fingerprint density at radius 3 is 2.43 bits per heavy atom. The predicted molar refractivity (Wildman–Crippen MR) is 133 cm³/mol. The van der Waals surface area contributed by atoms with E-state index in [0.717, 1.165) is 20.9 Å². The maximum atomic E-state index is 13.3. The Bertz CT molecular complexity index is 1450. The van der Waals surface area contributed by atoms with Crippen molar-refractivity contribution < 1.29 is 18.3 Å². The van der Waals surface area contributed by atoms with Crippen LogP contribution in [0.2, 0.25) is 0 Å². The van der Waals surface area contributed by atoms with Gasteiger partial charge in [0.05, 0.1) is 4.90 Å². The average Bonchev–Trinajstić information content (AvgIpc) is 3.23. The summed E-state index contributed by atoms with van der Waals surface area (Å²) in [7, 11) is -3.60. The largest absolute Gasteiger partial charge is 0.480 e. The molecule has 0 unspecified atom stereocenters. The summed E-state index contributed by atoms with van der Waals surface area (Å²) in [6.45, 7) is 0.655. The van der Waals surface area contributed by atoms with Crippen LogP contribution in [0.1, 0.15) is 24.3 Å². The van der Waals surface area contributed by atoms with Crippen LogP contribution >= 0.6 is 11.8 Å². The Balaban J connectivity index is 1.29. The number of nitrogens with zero attached hydrogens (tertiary/aromatic N) is 4. The fourth-order valence-electron chi connectivity index (χ4n) is 4.51. The normalized spacial score (nSPS) is 15.4. The number of carboxylic acid groups (broad SMARTS) is 1. The summed E-state index contributed by atoms with van der Waals surface area (Å²) in [5, 5.41) is 11.0. The predicted octanol–water partition coefficient (Wildman–Crippen LogP) is 4.24. The fraction of sp³-hybridized carbons (Fsp3) is 0.240. The number of piperidine rings is 1. The lowest BCUT2D eigenvalue weighted by Crippen LogP contribution is -2.37. The number of rotatable bonds is 7. The molecule has 8 nitrogen and oxygen atoms in total. The van der Waals surface area contributed by atoms with Gasteiger partial charge in [-0.3, -0.25) is 4.79 Å². The molecule has 0 bridgehead atoms. The van der Waals surface area contributed by atoms with E-state index in [9.17, 15) is 18.3 Å². The summed E-state index contributed by atoms with van der Waals surface area (Å²) < 4.78 is 29.7. The molecule has 35 heavy (non-hydrogen) atoms. The molecule has 4 heterocycles. The number of carbonyl (C=O) groups is 1. The minimum Gasteiger partial charge on any atom is -0.480 e.